The number of benzene rings is 1. The molecule has 0 bridgehead atoms. The largest absolute Gasteiger partial charge is 0.480 e. The fourth-order valence-corrected chi connectivity index (χ4v) is 2.86. The van der Waals surface area contributed by atoms with E-state index < -0.39 is 23.7 Å². The molecular weight excluding hydrogens is 282 g/mol. The topological polar surface area (TPSA) is 66.8 Å². The Morgan fingerprint density at radius 1 is 1.27 bits per heavy atom. The van der Waals surface area contributed by atoms with E-state index >= 15 is 0 Å². The molecule has 1 heterocycles. The summed E-state index contributed by atoms with van der Waals surface area (Å²) in [6.45, 7) is 7.69. The molecule has 1 aromatic rings. The summed E-state index contributed by atoms with van der Waals surface area (Å²) in [4.78, 5) is 25.1. The number of carboxylic acid groups (broad SMARTS) is 1. The number of ether oxygens (including phenoxy) is 1. The highest BCUT2D eigenvalue weighted by atomic mass is 16.6. The predicted octanol–water partition coefficient (Wildman–Crippen LogP) is 3.17. The third-order valence-corrected chi connectivity index (χ3v) is 3.84. The van der Waals surface area contributed by atoms with Crippen LogP contribution in [0.4, 0.5) is 4.79 Å². The third-order valence-electron chi connectivity index (χ3n) is 3.84. The van der Waals surface area contributed by atoms with E-state index in [9.17, 15) is 14.7 Å². The fourth-order valence-electron chi connectivity index (χ4n) is 2.86. The third kappa shape index (κ3) is 3.59. The molecule has 1 aliphatic heterocycles. The number of nitrogens with zero attached hydrogens (tertiary/aromatic N) is 1. The molecule has 1 unspecified atom stereocenters. The summed E-state index contributed by atoms with van der Waals surface area (Å²) < 4.78 is 5.34. The van der Waals surface area contributed by atoms with Gasteiger partial charge in [0.25, 0.3) is 0 Å². The lowest BCUT2D eigenvalue weighted by molar-refractivity contribution is -0.142. The maximum atomic E-state index is 12.3. The van der Waals surface area contributed by atoms with Crippen LogP contribution in [0.1, 0.15) is 44.2 Å². The van der Waals surface area contributed by atoms with Crippen LogP contribution in [0.15, 0.2) is 24.3 Å². The molecule has 120 valence electrons. The molecule has 5 nitrogen and oxygen atoms in total. The number of likely N-dealkylation sites (tertiary alicyclic amines) is 1. The van der Waals surface area contributed by atoms with Gasteiger partial charge in [-0.2, -0.15) is 0 Å². The van der Waals surface area contributed by atoms with Crippen LogP contribution in [-0.2, 0) is 9.53 Å². The number of rotatable bonds is 2. The molecule has 1 aliphatic rings. The predicted molar refractivity (Wildman–Crippen MR) is 82.9 cm³/mol. The van der Waals surface area contributed by atoms with Gasteiger partial charge < -0.3 is 9.84 Å². The van der Waals surface area contributed by atoms with Gasteiger partial charge in [-0.05, 0) is 45.2 Å². The van der Waals surface area contributed by atoms with Crippen molar-refractivity contribution in [3.63, 3.8) is 0 Å². The van der Waals surface area contributed by atoms with Gasteiger partial charge in [0.15, 0.2) is 0 Å². The number of carboxylic acids is 1. The minimum atomic E-state index is -0.984. The van der Waals surface area contributed by atoms with Crippen LogP contribution in [0.3, 0.4) is 0 Å². The maximum absolute atomic E-state index is 12.3. The van der Waals surface area contributed by atoms with Crippen molar-refractivity contribution in [1.82, 2.24) is 4.90 Å². The molecule has 1 saturated heterocycles. The number of aliphatic carboxylic acids is 1. The second kappa shape index (κ2) is 5.99. The van der Waals surface area contributed by atoms with Crippen molar-refractivity contribution in [2.45, 2.75) is 51.7 Å². The Bertz CT molecular complexity index is 576. The first-order chi connectivity index (χ1) is 10.2. The molecule has 2 rings (SSSR count). The summed E-state index contributed by atoms with van der Waals surface area (Å²) >= 11 is 0. The van der Waals surface area contributed by atoms with Crippen LogP contribution in [0.2, 0.25) is 0 Å². The Morgan fingerprint density at radius 2 is 1.91 bits per heavy atom. The Kier molecular flexibility index (Phi) is 4.44. The van der Waals surface area contributed by atoms with Gasteiger partial charge in [0.1, 0.15) is 11.6 Å². The van der Waals surface area contributed by atoms with Crippen LogP contribution in [0, 0.1) is 6.92 Å². The highest BCUT2D eigenvalue weighted by molar-refractivity contribution is 5.81. The summed E-state index contributed by atoms with van der Waals surface area (Å²) in [6.07, 6.45) is -0.143. The van der Waals surface area contributed by atoms with E-state index in [0.717, 1.165) is 11.1 Å². The second-order valence-corrected chi connectivity index (χ2v) is 6.78. The van der Waals surface area contributed by atoms with Crippen molar-refractivity contribution < 1.29 is 19.4 Å². The summed E-state index contributed by atoms with van der Waals surface area (Å²) in [5.41, 5.74) is 1.57. The van der Waals surface area contributed by atoms with E-state index in [4.69, 9.17) is 4.74 Å². The first-order valence-electron chi connectivity index (χ1n) is 7.47. The van der Waals surface area contributed by atoms with Gasteiger partial charge in [-0.1, -0.05) is 24.3 Å². The zero-order chi connectivity index (χ0) is 16.5. The van der Waals surface area contributed by atoms with Crippen LogP contribution >= 0.6 is 0 Å². The number of amides is 1. The zero-order valence-electron chi connectivity index (χ0n) is 13.5. The van der Waals surface area contributed by atoms with E-state index in [1.807, 2.05) is 31.2 Å². The molecule has 0 saturated carbocycles. The summed E-state index contributed by atoms with van der Waals surface area (Å²) in [6, 6.07) is 7.06. The first kappa shape index (κ1) is 16.3. The molecule has 2 atom stereocenters. The molecule has 22 heavy (non-hydrogen) atoms. The van der Waals surface area contributed by atoms with E-state index in [1.54, 1.807) is 20.8 Å². The van der Waals surface area contributed by atoms with Crippen LogP contribution in [0.5, 0.6) is 0 Å². The highest BCUT2D eigenvalue weighted by Gasteiger charge is 2.42. The molecule has 1 fully saturated rings. The van der Waals surface area contributed by atoms with Crippen molar-refractivity contribution in [2.24, 2.45) is 0 Å². The van der Waals surface area contributed by atoms with Crippen molar-refractivity contribution in [3.05, 3.63) is 35.4 Å². The minimum absolute atomic E-state index is 0.0230. The Balaban J connectivity index is 2.22. The molecule has 0 spiro atoms. The van der Waals surface area contributed by atoms with Gasteiger partial charge in [0.2, 0.25) is 0 Å². The lowest BCUT2D eigenvalue weighted by Crippen LogP contribution is -2.43. The van der Waals surface area contributed by atoms with E-state index in [1.165, 1.54) is 4.90 Å². The molecule has 0 aromatic heterocycles. The fraction of sp³-hybridized carbons (Fsp3) is 0.529. The van der Waals surface area contributed by atoms with Gasteiger partial charge >= 0.3 is 12.1 Å². The lowest BCUT2D eigenvalue weighted by Gasteiger charge is -2.26. The average molecular weight is 305 g/mol. The molecular formula is C17H23NO4. The average Bonchev–Trinajstić information content (AvgIpc) is 2.82. The van der Waals surface area contributed by atoms with Crippen molar-refractivity contribution >= 4 is 12.1 Å². The van der Waals surface area contributed by atoms with Crippen molar-refractivity contribution in [2.75, 3.05) is 6.54 Å². The molecule has 1 N–H and O–H groups in total. The van der Waals surface area contributed by atoms with Gasteiger partial charge in [-0.3, -0.25) is 4.90 Å². The Labute approximate surface area is 130 Å². The monoisotopic (exact) mass is 305 g/mol. The SMILES string of the molecule is Cc1ccccc1C1C[C@H](C(=O)O)N(C(=O)OC(C)(C)C)C1. The quantitative estimate of drug-likeness (QED) is 0.911. The normalized spacial score (nSPS) is 21.7. The minimum Gasteiger partial charge on any atom is -0.480 e. The lowest BCUT2D eigenvalue weighted by atomic mass is 9.93. The molecule has 1 aromatic carbocycles. The number of hydrogen-bond acceptors (Lipinski definition) is 3. The number of aryl methyl sites for hydroxylation is 1. The molecule has 1 amide bonds. The summed E-state index contributed by atoms with van der Waals surface area (Å²) in [5.74, 6) is -0.961. The van der Waals surface area contributed by atoms with Crippen LogP contribution in [-0.4, -0.2) is 40.3 Å². The van der Waals surface area contributed by atoms with E-state index in [2.05, 4.69) is 0 Å². The van der Waals surface area contributed by atoms with Crippen LogP contribution in [0.25, 0.3) is 0 Å². The van der Waals surface area contributed by atoms with E-state index in [-0.39, 0.29) is 5.92 Å². The summed E-state index contributed by atoms with van der Waals surface area (Å²) in [7, 11) is 0. The van der Waals surface area contributed by atoms with Gasteiger partial charge in [-0.25, -0.2) is 9.59 Å². The molecule has 5 heteroatoms. The number of carbonyl (C=O) groups is 2. The van der Waals surface area contributed by atoms with Gasteiger partial charge in [0, 0.05) is 12.5 Å². The highest BCUT2D eigenvalue weighted by Crippen LogP contribution is 2.34. The van der Waals surface area contributed by atoms with Gasteiger partial charge in [0.05, 0.1) is 0 Å². The molecule has 0 radical (unpaired) electrons. The Hall–Kier alpha value is -2.04. The number of hydrogen-bond donors (Lipinski definition) is 1. The van der Waals surface area contributed by atoms with Crippen molar-refractivity contribution in [1.29, 1.82) is 0 Å². The maximum Gasteiger partial charge on any atom is 0.411 e. The van der Waals surface area contributed by atoms with E-state index in [0.29, 0.717) is 13.0 Å². The first-order valence-corrected chi connectivity index (χ1v) is 7.47. The zero-order valence-corrected chi connectivity index (χ0v) is 13.5. The smallest absolute Gasteiger partial charge is 0.411 e. The second-order valence-electron chi connectivity index (χ2n) is 6.78. The molecule has 0 aliphatic carbocycles. The van der Waals surface area contributed by atoms with Crippen molar-refractivity contribution in [3.8, 4) is 0 Å². The summed E-state index contributed by atoms with van der Waals surface area (Å²) in [5, 5.41) is 9.42. The Morgan fingerprint density at radius 3 is 2.45 bits per heavy atom. The van der Waals surface area contributed by atoms with Gasteiger partial charge in [-0.15, -0.1) is 0 Å². The number of carbonyl (C=O) groups excluding carboxylic acids is 1. The standard InChI is InChI=1S/C17H23NO4/c1-11-7-5-6-8-13(11)12-9-14(15(19)20)18(10-12)16(21)22-17(2,3)4/h5-8,12,14H,9-10H2,1-4H3,(H,19,20)/t12?,14-/m1/s1. The van der Waals surface area contributed by atoms with Crippen LogP contribution < -0.4 is 0 Å².